The van der Waals surface area contributed by atoms with Gasteiger partial charge in [-0.25, -0.2) is 0 Å². The molecule has 0 saturated carbocycles. The summed E-state index contributed by atoms with van der Waals surface area (Å²) < 4.78 is 11.4. The maximum Gasteiger partial charge on any atom is 0.148 e. The van der Waals surface area contributed by atoms with E-state index in [1.54, 1.807) is 7.11 Å². The van der Waals surface area contributed by atoms with Gasteiger partial charge < -0.3 is 9.47 Å². The number of methoxy groups -OCH3 is 1. The first-order valence-electron chi connectivity index (χ1n) is 7.57. The summed E-state index contributed by atoms with van der Waals surface area (Å²) in [4.78, 5) is 0. The van der Waals surface area contributed by atoms with Gasteiger partial charge in [-0.15, -0.1) is 0 Å². The van der Waals surface area contributed by atoms with Gasteiger partial charge in [0.1, 0.15) is 12.4 Å². The average molecular weight is 284 g/mol. The largest absolute Gasteiger partial charge is 0.359 e. The van der Waals surface area contributed by atoms with E-state index in [2.05, 4.69) is 55.5 Å². The number of rotatable bonds is 8. The molecule has 0 amide bonds. The zero-order valence-corrected chi connectivity index (χ0v) is 12.9. The Bertz CT molecular complexity index is 458. The monoisotopic (exact) mass is 284 g/mol. The van der Waals surface area contributed by atoms with Gasteiger partial charge in [0, 0.05) is 7.11 Å². The molecule has 0 fully saturated rings. The van der Waals surface area contributed by atoms with Gasteiger partial charge in [-0.3, -0.25) is 0 Å². The fraction of sp³-hybridized carbons (Fsp3) is 0.368. The molecule has 0 aromatic heterocycles. The van der Waals surface area contributed by atoms with Gasteiger partial charge in [-0.05, 0) is 17.5 Å². The van der Waals surface area contributed by atoms with Gasteiger partial charge in [-0.1, -0.05) is 80.4 Å². The molecule has 2 nitrogen and oxygen atoms in total. The lowest BCUT2D eigenvalue weighted by Crippen LogP contribution is -2.32. The molecule has 21 heavy (non-hydrogen) atoms. The van der Waals surface area contributed by atoms with Crippen LogP contribution in [0.5, 0.6) is 0 Å². The van der Waals surface area contributed by atoms with Crippen molar-refractivity contribution in [2.45, 2.75) is 31.8 Å². The summed E-state index contributed by atoms with van der Waals surface area (Å²) in [5, 5.41) is 0. The number of hydrogen-bond acceptors (Lipinski definition) is 2. The number of unbranched alkanes of at least 4 members (excludes halogenated alkanes) is 1. The number of benzene rings is 2. The van der Waals surface area contributed by atoms with Crippen LogP contribution in [0.15, 0.2) is 60.7 Å². The summed E-state index contributed by atoms with van der Waals surface area (Å²) in [5.74, 6) is 0. The van der Waals surface area contributed by atoms with Crippen LogP contribution in [0, 0.1) is 0 Å². The van der Waals surface area contributed by atoms with Gasteiger partial charge >= 0.3 is 0 Å². The highest BCUT2D eigenvalue weighted by Gasteiger charge is 2.34. The Morgan fingerprint density at radius 1 is 0.857 bits per heavy atom. The molecule has 2 aromatic carbocycles. The molecule has 2 heteroatoms. The molecule has 112 valence electrons. The van der Waals surface area contributed by atoms with Crippen LogP contribution in [0.1, 0.15) is 37.3 Å². The number of hydrogen-bond donors (Lipinski definition) is 0. The summed E-state index contributed by atoms with van der Waals surface area (Å²) in [5.41, 5.74) is 1.93. The van der Waals surface area contributed by atoms with Crippen molar-refractivity contribution >= 4 is 0 Å². The zero-order valence-electron chi connectivity index (χ0n) is 12.9. The predicted molar refractivity (Wildman–Crippen MR) is 86.2 cm³/mol. The molecule has 0 saturated heterocycles. The molecular weight excluding hydrogens is 260 g/mol. The fourth-order valence-corrected chi connectivity index (χ4v) is 2.69. The Kier molecular flexibility index (Phi) is 5.97. The Labute approximate surface area is 127 Å². The lowest BCUT2D eigenvalue weighted by molar-refractivity contribution is -0.119. The molecule has 0 unspecified atom stereocenters. The molecule has 0 aliphatic carbocycles. The van der Waals surface area contributed by atoms with E-state index in [4.69, 9.17) is 9.47 Å². The first-order valence-corrected chi connectivity index (χ1v) is 7.57. The molecule has 0 spiro atoms. The van der Waals surface area contributed by atoms with E-state index in [0.29, 0.717) is 0 Å². The van der Waals surface area contributed by atoms with E-state index >= 15 is 0 Å². The average Bonchev–Trinajstić information content (AvgIpc) is 2.57. The van der Waals surface area contributed by atoms with Gasteiger partial charge in [-0.2, -0.15) is 0 Å². The highest BCUT2D eigenvalue weighted by molar-refractivity contribution is 5.36. The van der Waals surface area contributed by atoms with Gasteiger partial charge in [0.05, 0.1) is 0 Å². The second kappa shape index (κ2) is 7.96. The van der Waals surface area contributed by atoms with E-state index < -0.39 is 5.60 Å². The molecule has 0 radical (unpaired) electrons. The maximum atomic E-state index is 6.23. The molecule has 2 rings (SSSR count). The quantitative estimate of drug-likeness (QED) is 0.652. The van der Waals surface area contributed by atoms with Crippen LogP contribution in [-0.2, 0) is 15.1 Å². The van der Waals surface area contributed by atoms with Crippen molar-refractivity contribution in [1.82, 2.24) is 0 Å². The van der Waals surface area contributed by atoms with Crippen molar-refractivity contribution < 1.29 is 9.47 Å². The zero-order chi connectivity index (χ0) is 15.0. The normalized spacial score (nSPS) is 11.5. The summed E-state index contributed by atoms with van der Waals surface area (Å²) >= 11 is 0. The van der Waals surface area contributed by atoms with Crippen molar-refractivity contribution in [3.63, 3.8) is 0 Å². The van der Waals surface area contributed by atoms with E-state index in [1.165, 1.54) is 11.1 Å². The second-order valence-electron chi connectivity index (χ2n) is 5.21. The Morgan fingerprint density at radius 2 is 1.38 bits per heavy atom. The maximum absolute atomic E-state index is 6.23. The molecule has 0 atom stereocenters. The number of ether oxygens (including phenoxy) is 2. The van der Waals surface area contributed by atoms with Crippen molar-refractivity contribution in [1.29, 1.82) is 0 Å². The smallest absolute Gasteiger partial charge is 0.148 e. The highest BCUT2D eigenvalue weighted by Crippen LogP contribution is 2.38. The topological polar surface area (TPSA) is 18.5 Å². The van der Waals surface area contributed by atoms with Crippen molar-refractivity contribution in [3.05, 3.63) is 71.8 Å². The summed E-state index contributed by atoms with van der Waals surface area (Å²) in [6, 6.07) is 20.9. The molecule has 0 N–H and O–H groups in total. The molecule has 0 aliphatic heterocycles. The lowest BCUT2D eigenvalue weighted by atomic mass is 9.82. The second-order valence-corrected chi connectivity index (χ2v) is 5.21. The summed E-state index contributed by atoms with van der Waals surface area (Å²) in [7, 11) is 1.67. The van der Waals surface area contributed by atoms with Gasteiger partial charge in [0.25, 0.3) is 0 Å². The van der Waals surface area contributed by atoms with Crippen LogP contribution >= 0.6 is 0 Å². The molecule has 0 aliphatic rings. The van der Waals surface area contributed by atoms with Crippen LogP contribution in [0.4, 0.5) is 0 Å². The van der Waals surface area contributed by atoms with E-state index in [9.17, 15) is 0 Å². The minimum absolute atomic E-state index is 0.285. The fourth-order valence-electron chi connectivity index (χ4n) is 2.69. The molecule has 0 heterocycles. The minimum Gasteiger partial charge on any atom is -0.359 e. The predicted octanol–water partition coefficient (Wildman–Crippen LogP) is 4.74. The van der Waals surface area contributed by atoms with Crippen molar-refractivity contribution in [2.75, 3.05) is 13.9 Å². The van der Waals surface area contributed by atoms with Crippen LogP contribution in [-0.4, -0.2) is 13.9 Å². The van der Waals surface area contributed by atoms with Crippen molar-refractivity contribution in [3.8, 4) is 0 Å². The Hall–Kier alpha value is -1.64. The Morgan fingerprint density at radius 3 is 1.81 bits per heavy atom. The lowest BCUT2D eigenvalue weighted by Gasteiger charge is -2.35. The molecular formula is C19H24O2. The van der Waals surface area contributed by atoms with Crippen LogP contribution in [0.25, 0.3) is 0 Å². The van der Waals surface area contributed by atoms with E-state index in [1.807, 2.05) is 12.1 Å². The third-order valence-electron chi connectivity index (χ3n) is 3.79. The Balaban J connectivity index is 2.48. The highest BCUT2D eigenvalue weighted by atomic mass is 16.7. The first kappa shape index (κ1) is 15.7. The van der Waals surface area contributed by atoms with Gasteiger partial charge in [0.2, 0.25) is 0 Å². The van der Waals surface area contributed by atoms with E-state index in [-0.39, 0.29) is 6.79 Å². The molecule has 2 aromatic rings. The first-order chi connectivity index (χ1) is 10.3. The van der Waals surface area contributed by atoms with Crippen LogP contribution in [0.2, 0.25) is 0 Å². The summed E-state index contributed by atoms with van der Waals surface area (Å²) in [6.07, 6.45) is 3.19. The van der Waals surface area contributed by atoms with Crippen molar-refractivity contribution in [2.24, 2.45) is 0 Å². The molecule has 0 bridgehead atoms. The standard InChI is InChI=1S/C19H24O2/c1-3-4-15-19(21-16-20-2,17-11-7-5-8-12-17)18-13-9-6-10-14-18/h5-14H,3-4,15-16H2,1-2H3. The van der Waals surface area contributed by atoms with Crippen LogP contribution in [0.3, 0.4) is 0 Å². The third-order valence-corrected chi connectivity index (χ3v) is 3.79. The van der Waals surface area contributed by atoms with Gasteiger partial charge in [0.15, 0.2) is 0 Å². The SMILES string of the molecule is CCCCC(OCOC)(c1ccccc1)c1ccccc1. The minimum atomic E-state index is -0.436. The third kappa shape index (κ3) is 3.72. The van der Waals surface area contributed by atoms with E-state index in [0.717, 1.165) is 19.3 Å². The summed E-state index contributed by atoms with van der Waals surface area (Å²) in [6.45, 7) is 2.49. The van der Waals surface area contributed by atoms with Crippen LogP contribution < -0.4 is 0 Å².